The number of aliphatic hydroxyl groups excluding tert-OH is 3. The largest absolute Gasteiger partial charge is 0.394 e. The minimum Gasteiger partial charge on any atom is -0.394 e. The number of carbonyl (C=O) groups excluding carboxylic acids is 1. The van der Waals surface area contributed by atoms with Crippen molar-refractivity contribution in [2.24, 2.45) is 0 Å². The Morgan fingerprint density at radius 3 is 2.03 bits per heavy atom. The quantitative estimate of drug-likeness (QED) is 0.166. The van der Waals surface area contributed by atoms with Gasteiger partial charge >= 0.3 is 0 Å². The molecule has 11 nitrogen and oxygen atoms in total. The second kappa shape index (κ2) is 15.1. The van der Waals surface area contributed by atoms with Gasteiger partial charge in [-0.05, 0) is 22.4 Å². The van der Waals surface area contributed by atoms with Crippen molar-refractivity contribution in [1.82, 2.24) is 19.1 Å². The molecule has 0 unspecified atom stereocenters. The predicted molar refractivity (Wildman–Crippen MR) is 148 cm³/mol. The highest BCUT2D eigenvalue weighted by Gasteiger charge is 2.45. The summed E-state index contributed by atoms with van der Waals surface area (Å²) in [6.07, 6.45) is 10.8. The first kappa shape index (κ1) is 30.7. The summed E-state index contributed by atoms with van der Waals surface area (Å²) in [5.41, 5.74) is 5.17. The zero-order valence-corrected chi connectivity index (χ0v) is 23.8. The second-order valence-electron chi connectivity index (χ2n) is 10.1. The van der Waals surface area contributed by atoms with Gasteiger partial charge in [0.15, 0.2) is 22.1 Å². The molecule has 0 amide bonds. The van der Waals surface area contributed by atoms with Gasteiger partial charge < -0.3 is 25.8 Å². The van der Waals surface area contributed by atoms with Gasteiger partial charge in [0.25, 0.3) is 5.56 Å². The van der Waals surface area contributed by atoms with E-state index in [1.165, 1.54) is 62.4 Å². The Morgan fingerprint density at radius 2 is 1.50 bits per heavy atom. The zero-order chi connectivity index (χ0) is 27.7. The van der Waals surface area contributed by atoms with Crippen molar-refractivity contribution in [3.8, 4) is 0 Å². The molecule has 1 aliphatic heterocycles. The van der Waals surface area contributed by atoms with E-state index in [1.807, 2.05) is 0 Å². The summed E-state index contributed by atoms with van der Waals surface area (Å²) in [4.78, 5) is 34.3. The number of halogens is 1. The van der Waals surface area contributed by atoms with Gasteiger partial charge in [-0.3, -0.25) is 14.2 Å². The maximum absolute atomic E-state index is 13.1. The average Bonchev–Trinajstić information content (AvgIpc) is 3.36. The van der Waals surface area contributed by atoms with Crippen LogP contribution in [-0.2, 0) is 4.74 Å². The van der Waals surface area contributed by atoms with Crippen molar-refractivity contribution in [3.63, 3.8) is 0 Å². The van der Waals surface area contributed by atoms with E-state index in [0.717, 1.165) is 23.8 Å². The van der Waals surface area contributed by atoms with Crippen LogP contribution < -0.4 is 11.3 Å². The van der Waals surface area contributed by atoms with Crippen molar-refractivity contribution in [2.45, 2.75) is 121 Å². The van der Waals surface area contributed by atoms with Crippen LogP contribution in [0, 0.1) is 0 Å². The molecular weight excluding hydrogens is 558 g/mol. The molecule has 0 bridgehead atoms. The van der Waals surface area contributed by atoms with Gasteiger partial charge in [0.1, 0.15) is 18.3 Å². The third-order valence-corrected chi connectivity index (χ3v) is 7.77. The first-order valence-corrected chi connectivity index (χ1v) is 14.7. The van der Waals surface area contributed by atoms with Crippen LogP contribution in [0.5, 0.6) is 0 Å². The van der Waals surface area contributed by atoms with Crippen LogP contribution in [0.3, 0.4) is 0 Å². The number of rotatable bonds is 16. The molecule has 38 heavy (non-hydrogen) atoms. The lowest BCUT2D eigenvalue weighted by Gasteiger charge is -2.18. The summed E-state index contributed by atoms with van der Waals surface area (Å²) < 4.78 is 7.76. The number of nitrogens with two attached hydrogens (primary N) is 1. The Hall–Kier alpha value is -1.86. The molecule has 12 heteroatoms. The summed E-state index contributed by atoms with van der Waals surface area (Å²) in [5.74, 6) is -0.730. The molecule has 4 atom stereocenters. The number of aliphatic hydroxyl groups is 3. The molecule has 1 saturated heterocycles. The van der Waals surface area contributed by atoms with Crippen LogP contribution >= 0.6 is 15.9 Å². The Balaban J connectivity index is 1.50. The lowest BCUT2D eigenvalue weighted by molar-refractivity contribution is -0.0521. The molecule has 3 rings (SSSR count). The fourth-order valence-electron chi connectivity index (χ4n) is 4.98. The summed E-state index contributed by atoms with van der Waals surface area (Å²) in [6.45, 7) is 1.73. The molecule has 5 N–H and O–H groups in total. The fraction of sp³-hybridized carbons (Fsp3) is 0.769. The third-order valence-electron chi connectivity index (χ3n) is 7.21. The minimum absolute atomic E-state index is 0.000718. The van der Waals surface area contributed by atoms with Crippen LogP contribution in [0.1, 0.15) is 108 Å². The van der Waals surface area contributed by atoms with E-state index in [9.17, 15) is 24.9 Å². The number of hydrogen-bond donors (Lipinski definition) is 4. The number of imidazole rings is 1. The lowest BCUT2D eigenvalue weighted by Crippen LogP contribution is -2.33. The highest BCUT2D eigenvalue weighted by molar-refractivity contribution is 9.10. The summed E-state index contributed by atoms with van der Waals surface area (Å²) in [5, 5.41) is 29.9. The number of unbranched alkanes of at least 4 members (excludes halogenated alkanes) is 12. The molecule has 0 spiro atoms. The van der Waals surface area contributed by atoms with Crippen molar-refractivity contribution < 1.29 is 24.9 Å². The number of fused-ring (bicyclic) bond motifs is 1. The van der Waals surface area contributed by atoms with Crippen LogP contribution in [0.15, 0.2) is 9.53 Å². The Bertz CT molecular complexity index is 1110. The first-order valence-electron chi connectivity index (χ1n) is 13.9. The molecular formula is C26H42BrN5O6. The van der Waals surface area contributed by atoms with E-state index >= 15 is 0 Å². The summed E-state index contributed by atoms with van der Waals surface area (Å²) >= 11 is 3.23. The van der Waals surface area contributed by atoms with Crippen molar-refractivity contribution in [2.75, 3.05) is 12.3 Å². The van der Waals surface area contributed by atoms with E-state index in [1.54, 1.807) is 0 Å². The number of nitrogens with zero attached hydrogens (tertiary/aromatic N) is 4. The van der Waals surface area contributed by atoms with E-state index in [-0.39, 0.29) is 28.3 Å². The summed E-state index contributed by atoms with van der Waals surface area (Å²) in [6, 6.07) is 0. The predicted octanol–water partition coefficient (Wildman–Crippen LogP) is 3.67. The number of ether oxygens (including phenoxy) is 1. The van der Waals surface area contributed by atoms with Gasteiger partial charge in [0.2, 0.25) is 11.9 Å². The molecule has 0 radical (unpaired) electrons. The van der Waals surface area contributed by atoms with Gasteiger partial charge in [0.05, 0.1) is 6.61 Å². The molecule has 0 aliphatic carbocycles. The summed E-state index contributed by atoms with van der Waals surface area (Å²) in [7, 11) is 0. The average molecular weight is 601 g/mol. The van der Waals surface area contributed by atoms with E-state index in [0.29, 0.717) is 6.42 Å². The Kier molecular flexibility index (Phi) is 12.2. The molecule has 1 aliphatic rings. The van der Waals surface area contributed by atoms with E-state index in [2.05, 4.69) is 32.8 Å². The minimum atomic E-state index is -1.40. The molecule has 0 aromatic carbocycles. The van der Waals surface area contributed by atoms with E-state index in [4.69, 9.17) is 10.5 Å². The van der Waals surface area contributed by atoms with Gasteiger partial charge in [-0.2, -0.15) is 4.98 Å². The Labute approximate surface area is 231 Å². The van der Waals surface area contributed by atoms with Crippen LogP contribution in [0.4, 0.5) is 5.95 Å². The van der Waals surface area contributed by atoms with Gasteiger partial charge in [-0.1, -0.05) is 84.0 Å². The molecule has 2 aromatic rings. The van der Waals surface area contributed by atoms with Gasteiger partial charge in [0, 0.05) is 6.42 Å². The fourth-order valence-corrected chi connectivity index (χ4v) is 5.53. The smallest absolute Gasteiger partial charge is 0.290 e. The molecule has 214 valence electrons. The number of aromatic nitrogens is 4. The highest BCUT2D eigenvalue weighted by atomic mass is 79.9. The highest BCUT2D eigenvalue weighted by Crippen LogP contribution is 2.34. The lowest BCUT2D eigenvalue weighted by atomic mass is 10.0. The van der Waals surface area contributed by atoms with Crippen LogP contribution in [-0.4, -0.2) is 65.2 Å². The standard InChI is InChI=1S/C26H42BrN5O6/c1-2-3-4-5-6-7-8-9-10-11-12-13-14-15-18(34)31-23(37)19-22(30-26(31)28)32(25(27)29-19)24-21(36)20(35)17(16-33)38-24/h17,20-21,24,33,35-36H,2-16H2,1H3,(H2,28,30)/t17-,20-,21-,24-/m1/s1. The molecule has 1 fully saturated rings. The monoisotopic (exact) mass is 599 g/mol. The molecule has 0 saturated carbocycles. The second-order valence-corrected chi connectivity index (χ2v) is 10.9. The SMILES string of the molecule is CCCCCCCCCCCCCCCC(=O)n1c(N)nc2c(nc(Br)n2[C@@H]2O[C@H](CO)[C@@H](O)[C@H]2O)c1=O. The number of hydrogen-bond acceptors (Lipinski definition) is 9. The topological polar surface area (TPSA) is 166 Å². The molecule has 2 aromatic heterocycles. The first-order chi connectivity index (χ1) is 18.3. The van der Waals surface area contributed by atoms with Crippen molar-refractivity contribution in [3.05, 3.63) is 15.1 Å². The number of carbonyl (C=O) groups is 1. The number of nitrogen functional groups attached to an aromatic ring is 1. The van der Waals surface area contributed by atoms with E-state index < -0.39 is 42.6 Å². The zero-order valence-electron chi connectivity index (χ0n) is 22.2. The molecule has 3 heterocycles. The normalized spacial score (nSPS) is 21.5. The van der Waals surface area contributed by atoms with Crippen molar-refractivity contribution >= 4 is 38.9 Å². The van der Waals surface area contributed by atoms with Crippen LogP contribution in [0.25, 0.3) is 11.2 Å². The van der Waals surface area contributed by atoms with Crippen LogP contribution in [0.2, 0.25) is 0 Å². The maximum atomic E-state index is 13.1. The Morgan fingerprint density at radius 1 is 0.947 bits per heavy atom. The van der Waals surface area contributed by atoms with Gasteiger partial charge in [-0.25, -0.2) is 9.55 Å². The van der Waals surface area contributed by atoms with Gasteiger partial charge in [-0.15, -0.1) is 0 Å². The maximum Gasteiger partial charge on any atom is 0.290 e. The third kappa shape index (κ3) is 7.41. The van der Waals surface area contributed by atoms with Crippen molar-refractivity contribution in [1.29, 1.82) is 0 Å². The number of anilines is 1.